The van der Waals surface area contributed by atoms with Gasteiger partial charge in [0.1, 0.15) is 10.7 Å². The van der Waals surface area contributed by atoms with Gasteiger partial charge < -0.3 is 0 Å². The summed E-state index contributed by atoms with van der Waals surface area (Å²) < 4.78 is 2.98. The molecule has 0 spiro atoms. The van der Waals surface area contributed by atoms with E-state index in [2.05, 4.69) is 83.0 Å². The number of aryl methyl sites for hydroxylation is 1. The average molecular weight is 472 g/mol. The lowest BCUT2D eigenvalue weighted by molar-refractivity contribution is 0.884. The topological polar surface area (TPSA) is 30.7 Å². The molecule has 0 saturated carbocycles. The van der Waals surface area contributed by atoms with Crippen LogP contribution in [0.3, 0.4) is 0 Å². The Morgan fingerprint density at radius 2 is 1.53 bits per heavy atom. The van der Waals surface area contributed by atoms with Crippen LogP contribution in [0.15, 0.2) is 94.9 Å². The van der Waals surface area contributed by atoms with Crippen molar-refractivity contribution in [3.63, 3.8) is 0 Å². The molecule has 3 aromatic carbocycles. The maximum Gasteiger partial charge on any atom is 0.127 e. The van der Waals surface area contributed by atoms with E-state index in [1.54, 1.807) is 11.3 Å². The highest BCUT2D eigenvalue weighted by atomic mass is 79.9. The van der Waals surface area contributed by atoms with Crippen LogP contribution in [0.25, 0.3) is 38.8 Å². The van der Waals surface area contributed by atoms with Gasteiger partial charge in [0.25, 0.3) is 0 Å². The van der Waals surface area contributed by atoms with Gasteiger partial charge in [-0.25, -0.2) is 9.67 Å². The monoisotopic (exact) mass is 471 g/mol. The summed E-state index contributed by atoms with van der Waals surface area (Å²) in [5.74, 6) is 0. The lowest BCUT2D eigenvalue weighted by Crippen LogP contribution is -1.93. The number of halogens is 1. The molecule has 5 heteroatoms. The molecule has 30 heavy (non-hydrogen) atoms. The second kappa shape index (κ2) is 8.01. The van der Waals surface area contributed by atoms with Crippen LogP contribution in [0.2, 0.25) is 0 Å². The molecule has 0 aliphatic carbocycles. The van der Waals surface area contributed by atoms with E-state index in [9.17, 15) is 0 Å². The van der Waals surface area contributed by atoms with Gasteiger partial charge >= 0.3 is 0 Å². The fourth-order valence-electron chi connectivity index (χ4n) is 3.32. The molecular formula is C25H18BrN3S. The molecule has 0 aliphatic heterocycles. The third-order valence-electron chi connectivity index (χ3n) is 4.93. The van der Waals surface area contributed by atoms with Gasteiger partial charge in [0.05, 0.1) is 16.9 Å². The van der Waals surface area contributed by atoms with E-state index in [1.807, 2.05) is 35.0 Å². The first-order chi connectivity index (χ1) is 14.7. The Morgan fingerprint density at radius 3 is 2.27 bits per heavy atom. The first kappa shape index (κ1) is 19.0. The van der Waals surface area contributed by atoms with Gasteiger partial charge in [-0.2, -0.15) is 5.10 Å². The van der Waals surface area contributed by atoms with Crippen LogP contribution in [-0.2, 0) is 0 Å². The molecular weight excluding hydrogens is 454 g/mol. The van der Waals surface area contributed by atoms with Crippen LogP contribution in [0.5, 0.6) is 0 Å². The molecule has 0 saturated heterocycles. The molecule has 2 heterocycles. The highest BCUT2D eigenvalue weighted by Crippen LogP contribution is 2.36. The van der Waals surface area contributed by atoms with Crippen LogP contribution in [0, 0.1) is 6.92 Å². The van der Waals surface area contributed by atoms with Gasteiger partial charge in [-0.15, -0.1) is 11.3 Å². The molecule has 0 radical (unpaired) electrons. The zero-order valence-corrected chi connectivity index (χ0v) is 18.7. The Kier molecular flexibility index (Phi) is 5.07. The van der Waals surface area contributed by atoms with Crippen molar-refractivity contribution in [3.8, 4) is 38.8 Å². The van der Waals surface area contributed by atoms with Crippen molar-refractivity contribution in [2.45, 2.75) is 6.92 Å². The summed E-state index contributed by atoms with van der Waals surface area (Å²) >= 11 is 5.17. The molecule has 0 fully saturated rings. The zero-order valence-electron chi connectivity index (χ0n) is 16.3. The minimum Gasteiger partial charge on any atom is -0.240 e. The number of thiazole rings is 1. The van der Waals surface area contributed by atoms with E-state index < -0.39 is 0 Å². The van der Waals surface area contributed by atoms with Gasteiger partial charge in [-0.3, -0.25) is 0 Å². The smallest absolute Gasteiger partial charge is 0.127 e. The standard InChI is InChI=1S/C25H18BrN3S/c1-17-7-9-18(10-8-17)23-16-30-25(27-23)22-15-29(21-5-3-2-4-6-21)28-24(22)19-11-13-20(26)14-12-19/h2-16H,1H3. The normalized spacial score (nSPS) is 11.0. The maximum absolute atomic E-state index is 4.95. The van der Waals surface area contributed by atoms with Crippen molar-refractivity contribution >= 4 is 27.3 Å². The maximum atomic E-state index is 4.95. The molecule has 2 aromatic heterocycles. The third kappa shape index (κ3) is 3.74. The van der Waals surface area contributed by atoms with Gasteiger partial charge in [0, 0.05) is 27.2 Å². The predicted octanol–water partition coefficient (Wildman–Crippen LogP) is 7.40. The number of para-hydroxylation sites is 1. The largest absolute Gasteiger partial charge is 0.240 e. The summed E-state index contributed by atoms with van der Waals surface area (Å²) in [4.78, 5) is 4.95. The van der Waals surface area contributed by atoms with E-state index in [0.717, 1.165) is 43.2 Å². The molecule has 0 aliphatic rings. The molecule has 0 bridgehead atoms. The van der Waals surface area contributed by atoms with Gasteiger partial charge in [-0.05, 0) is 31.2 Å². The second-order valence-electron chi connectivity index (χ2n) is 7.08. The van der Waals surface area contributed by atoms with Crippen molar-refractivity contribution in [3.05, 3.63) is 100 Å². The van der Waals surface area contributed by atoms with E-state index in [-0.39, 0.29) is 0 Å². The summed E-state index contributed by atoms with van der Waals surface area (Å²) in [5.41, 5.74) is 7.41. The number of rotatable bonds is 4. The number of benzene rings is 3. The van der Waals surface area contributed by atoms with Gasteiger partial charge in [-0.1, -0.05) is 76.1 Å². The van der Waals surface area contributed by atoms with E-state index in [0.29, 0.717) is 0 Å². The van der Waals surface area contributed by atoms with Crippen molar-refractivity contribution in [2.75, 3.05) is 0 Å². The molecule has 0 unspecified atom stereocenters. The molecule has 5 aromatic rings. The minimum atomic E-state index is 0.927. The van der Waals surface area contributed by atoms with Crippen molar-refractivity contribution in [1.82, 2.24) is 14.8 Å². The summed E-state index contributed by atoms with van der Waals surface area (Å²) in [6.45, 7) is 2.10. The van der Waals surface area contributed by atoms with Crippen LogP contribution in [0.4, 0.5) is 0 Å². The molecule has 146 valence electrons. The molecule has 3 nitrogen and oxygen atoms in total. The Bertz CT molecular complexity index is 1290. The van der Waals surface area contributed by atoms with Gasteiger partial charge in [0.15, 0.2) is 0 Å². The van der Waals surface area contributed by atoms with Crippen LogP contribution < -0.4 is 0 Å². The average Bonchev–Trinajstić information content (AvgIpc) is 3.43. The second-order valence-corrected chi connectivity index (χ2v) is 8.86. The predicted molar refractivity (Wildman–Crippen MR) is 128 cm³/mol. The van der Waals surface area contributed by atoms with Crippen molar-refractivity contribution in [2.24, 2.45) is 0 Å². The summed E-state index contributed by atoms with van der Waals surface area (Å²) in [7, 11) is 0. The molecule has 0 amide bonds. The Morgan fingerprint density at radius 1 is 0.833 bits per heavy atom. The molecule has 0 atom stereocenters. The third-order valence-corrected chi connectivity index (χ3v) is 6.34. The highest BCUT2D eigenvalue weighted by molar-refractivity contribution is 9.10. The first-order valence-electron chi connectivity index (χ1n) is 9.61. The quantitative estimate of drug-likeness (QED) is 0.273. The fraction of sp³-hybridized carbons (Fsp3) is 0.0400. The Balaban J connectivity index is 1.62. The minimum absolute atomic E-state index is 0.927. The number of aromatic nitrogens is 3. The highest BCUT2D eigenvalue weighted by Gasteiger charge is 2.17. The van der Waals surface area contributed by atoms with E-state index in [1.165, 1.54) is 5.56 Å². The summed E-state index contributed by atoms with van der Waals surface area (Å²) in [6.07, 6.45) is 2.07. The lowest BCUT2D eigenvalue weighted by atomic mass is 10.1. The Hall–Kier alpha value is -3.02. The van der Waals surface area contributed by atoms with Crippen LogP contribution >= 0.6 is 27.3 Å². The van der Waals surface area contributed by atoms with Crippen molar-refractivity contribution in [1.29, 1.82) is 0 Å². The molecule has 0 N–H and O–H groups in total. The van der Waals surface area contributed by atoms with Crippen LogP contribution in [-0.4, -0.2) is 14.8 Å². The first-order valence-corrected chi connectivity index (χ1v) is 11.3. The Labute approximate surface area is 187 Å². The lowest BCUT2D eigenvalue weighted by Gasteiger charge is -2.01. The zero-order chi connectivity index (χ0) is 20.5. The summed E-state index contributed by atoms with van der Waals surface area (Å²) in [5, 5.41) is 8.00. The van der Waals surface area contributed by atoms with E-state index >= 15 is 0 Å². The number of hydrogen-bond acceptors (Lipinski definition) is 3. The van der Waals surface area contributed by atoms with Crippen LogP contribution in [0.1, 0.15) is 5.56 Å². The van der Waals surface area contributed by atoms with Gasteiger partial charge in [0.2, 0.25) is 0 Å². The molecule has 5 rings (SSSR count). The van der Waals surface area contributed by atoms with Crippen molar-refractivity contribution < 1.29 is 0 Å². The SMILES string of the molecule is Cc1ccc(-c2csc(-c3cn(-c4ccccc4)nc3-c3ccc(Br)cc3)n2)cc1. The summed E-state index contributed by atoms with van der Waals surface area (Å²) in [6, 6.07) is 26.9. The fourth-order valence-corrected chi connectivity index (χ4v) is 4.42. The van der Waals surface area contributed by atoms with E-state index in [4.69, 9.17) is 10.1 Å². The number of nitrogens with zero attached hydrogens (tertiary/aromatic N) is 3. The number of hydrogen-bond donors (Lipinski definition) is 0.